The molecule has 0 aliphatic heterocycles. The number of nitrogens with two attached hydrogens (primary N) is 1. The van der Waals surface area contributed by atoms with Crippen LogP contribution >= 0.6 is 0 Å². The minimum Gasteiger partial charge on any atom is -0.337 e. The van der Waals surface area contributed by atoms with Crippen LogP contribution in [0.3, 0.4) is 0 Å². The van der Waals surface area contributed by atoms with Crippen molar-refractivity contribution in [1.82, 2.24) is 19.7 Å². The van der Waals surface area contributed by atoms with Crippen molar-refractivity contribution in [3.63, 3.8) is 0 Å². The molecule has 1 heterocycles. The van der Waals surface area contributed by atoms with Crippen LogP contribution in [0.4, 0.5) is 0 Å². The van der Waals surface area contributed by atoms with Gasteiger partial charge in [0, 0.05) is 25.2 Å². The first kappa shape index (κ1) is 17.8. The average molecular weight is 349 g/mol. The van der Waals surface area contributed by atoms with Crippen LogP contribution in [0.5, 0.6) is 0 Å². The summed E-state index contributed by atoms with van der Waals surface area (Å²) in [6.07, 6.45) is 3.93. The molecule has 134 valence electrons. The van der Waals surface area contributed by atoms with Gasteiger partial charge in [0.15, 0.2) is 0 Å². The third-order valence-electron chi connectivity index (χ3n) is 4.32. The number of hydrogen-bond acceptors (Lipinski definition) is 4. The lowest BCUT2D eigenvalue weighted by atomic mass is 10.1. The van der Waals surface area contributed by atoms with E-state index in [0.717, 1.165) is 17.7 Å². The van der Waals surface area contributed by atoms with Crippen molar-refractivity contribution in [2.24, 2.45) is 5.73 Å². The molecular formula is C20H23N5O. The predicted molar refractivity (Wildman–Crippen MR) is 101 cm³/mol. The quantitative estimate of drug-likeness (QED) is 0.709. The van der Waals surface area contributed by atoms with Crippen molar-refractivity contribution in [1.29, 1.82) is 0 Å². The van der Waals surface area contributed by atoms with Gasteiger partial charge >= 0.3 is 0 Å². The highest BCUT2D eigenvalue weighted by atomic mass is 16.2. The summed E-state index contributed by atoms with van der Waals surface area (Å²) in [7, 11) is 0. The van der Waals surface area contributed by atoms with Gasteiger partial charge in [0.1, 0.15) is 12.7 Å². The number of carbonyl (C=O) groups excluding carboxylic acids is 1. The van der Waals surface area contributed by atoms with E-state index < -0.39 is 0 Å². The Labute approximate surface area is 153 Å². The van der Waals surface area contributed by atoms with Gasteiger partial charge in [-0.3, -0.25) is 4.79 Å². The van der Waals surface area contributed by atoms with E-state index in [0.29, 0.717) is 25.2 Å². The number of hydrogen-bond donors (Lipinski definition) is 1. The van der Waals surface area contributed by atoms with Crippen molar-refractivity contribution in [2.75, 3.05) is 19.6 Å². The van der Waals surface area contributed by atoms with E-state index in [9.17, 15) is 4.79 Å². The summed E-state index contributed by atoms with van der Waals surface area (Å²) in [4.78, 5) is 18.8. The van der Waals surface area contributed by atoms with Crippen LogP contribution in [0.1, 0.15) is 21.5 Å². The molecule has 1 amide bonds. The molecule has 6 heteroatoms. The van der Waals surface area contributed by atoms with Crippen LogP contribution in [0, 0.1) is 6.92 Å². The van der Waals surface area contributed by atoms with Crippen LogP contribution in [-0.2, 0) is 6.42 Å². The lowest BCUT2D eigenvalue weighted by molar-refractivity contribution is 0.0761. The van der Waals surface area contributed by atoms with Gasteiger partial charge in [0.05, 0.1) is 5.69 Å². The molecule has 0 saturated heterocycles. The van der Waals surface area contributed by atoms with E-state index in [1.165, 1.54) is 11.9 Å². The van der Waals surface area contributed by atoms with Gasteiger partial charge in [0.2, 0.25) is 0 Å². The highest BCUT2D eigenvalue weighted by Crippen LogP contribution is 2.16. The standard InChI is InChI=1S/C20H23N5O/c1-16-13-18(25-15-22-14-23-25)7-8-19(16)20(26)24(12-10-21)11-9-17-5-3-2-4-6-17/h2-8,13-15H,9-12,21H2,1H3. The van der Waals surface area contributed by atoms with Gasteiger partial charge in [-0.15, -0.1) is 0 Å². The Balaban J connectivity index is 1.76. The molecule has 2 N–H and O–H groups in total. The lowest BCUT2D eigenvalue weighted by Gasteiger charge is -2.23. The fraction of sp³-hybridized carbons (Fsp3) is 0.250. The summed E-state index contributed by atoms with van der Waals surface area (Å²) < 4.78 is 1.67. The zero-order valence-corrected chi connectivity index (χ0v) is 14.9. The normalized spacial score (nSPS) is 10.7. The number of benzene rings is 2. The van der Waals surface area contributed by atoms with Gasteiger partial charge < -0.3 is 10.6 Å². The van der Waals surface area contributed by atoms with Crippen molar-refractivity contribution in [3.8, 4) is 5.69 Å². The molecule has 2 aromatic carbocycles. The fourth-order valence-electron chi connectivity index (χ4n) is 2.92. The summed E-state index contributed by atoms with van der Waals surface area (Å²) in [5, 5.41) is 4.12. The van der Waals surface area contributed by atoms with Gasteiger partial charge in [-0.05, 0) is 42.7 Å². The number of rotatable bonds is 7. The second kappa shape index (κ2) is 8.40. The Morgan fingerprint density at radius 1 is 1.15 bits per heavy atom. The minimum absolute atomic E-state index is 0.00835. The molecule has 6 nitrogen and oxygen atoms in total. The fourth-order valence-corrected chi connectivity index (χ4v) is 2.92. The zero-order chi connectivity index (χ0) is 18.4. The summed E-state index contributed by atoms with van der Waals surface area (Å²) in [6, 6.07) is 15.8. The highest BCUT2D eigenvalue weighted by Gasteiger charge is 2.17. The summed E-state index contributed by atoms with van der Waals surface area (Å²) in [5.41, 5.74) is 9.42. The topological polar surface area (TPSA) is 77.0 Å². The van der Waals surface area contributed by atoms with Crippen molar-refractivity contribution in [2.45, 2.75) is 13.3 Å². The molecule has 0 aliphatic carbocycles. The average Bonchev–Trinajstić information content (AvgIpc) is 3.20. The lowest BCUT2D eigenvalue weighted by Crippen LogP contribution is -2.37. The molecule has 0 saturated carbocycles. The maximum atomic E-state index is 13.0. The molecule has 3 rings (SSSR count). The second-order valence-corrected chi connectivity index (χ2v) is 6.16. The Kier molecular flexibility index (Phi) is 5.76. The van der Waals surface area contributed by atoms with Gasteiger partial charge in [0.25, 0.3) is 5.91 Å². The predicted octanol–water partition coefficient (Wildman–Crippen LogP) is 2.22. The Morgan fingerprint density at radius 2 is 1.96 bits per heavy atom. The number of nitrogens with zero attached hydrogens (tertiary/aromatic N) is 4. The van der Waals surface area contributed by atoms with Crippen LogP contribution in [0.25, 0.3) is 5.69 Å². The van der Waals surface area contributed by atoms with Gasteiger partial charge in [-0.25, -0.2) is 9.67 Å². The second-order valence-electron chi connectivity index (χ2n) is 6.16. The summed E-state index contributed by atoms with van der Waals surface area (Å²) in [5.74, 6) is 0.00835. The maximum Gasteiger partial charge on any atom is 0.254 e. The number of aromatic nitrogens is 3. The summed E-state index contributed by atoms with van der Waals surface area (Å²) >= 11 is 0. The van der Waals surface area contributed by atoms with E-state index in [4.69, 9.17) is 5.73 Å². The van der Waals surface area contributed by atoms with Gasteiger partial charge in [-0.1, -0.05) is 30.3 Å². The molecule has 0 radical (unpaired) electrons. The van der Waals surface area contributed by atoms with E-state index in [2.05, 4.69) is 22.2 Å². The molecule has 0 aliphatic rings. The SMILES string of the molecule is Cc1cc(-n2cncn2)ccc1C(=O)N(CCN)CCc1ccccc1. The van der Waals surface area contributed by atoms with Crippen LogP contribution < -0.4 is 5.73 Å². The maximum absolute atomic E-state index is 13.0. The van der Waals surface area contributed by atoms with Crippen molar-refractivity contribution >= 4 is 5.91 Å². The largest absolute Gasteiger partial charge is 0.337 e. The Morgan fingerprint density at radius 3 is 2.62 bits per heavy atom. The molecule has 0 spiro atoms. The molecule has 1 aromatic heterocycles. The first-order valence-electron chi connectivity index (χ1n) is 8.68. The monoisotopic (exact) mass is 349 g/mol. The number of carbonyl (C=O) groups is 1. The van der Waals surface area contributed by atoms with E-state index in [-0.39, 0.29) is 5.91 Å². The number of amides is 1. The molecule has 0 fully saturated rings. The van der Waals surface area contributed by atoms with Gasteiger partial charge in [-0.2, -0.15) is 5.10 Å². The first-order chi connectivity index (χ1) is 12.7. The molecule has 26 heavy (non-hydrogen) atoms. The zero-order valence-electron chi connectivity index (χ0n) is 14.9. The van der Waals surface area contributed by atoms with Crippen molar-refractivity contribution < 1.29 is 4.79 Å². The third kappa shape index (κ3) is 4.15. The molecule has 0 atom stereocenters. The number of aryl methyl sites for hydroxylation is 1. The van der Waals surface area contributed by atoms with Crippen molar-refractivity contribution in [3.05, 3.63) is 77.9 Å². The van der Waals surface area contributed by atoms with Crippen LogP contribution in [-0.4, -0.2) is 45.2 Å². The smallest absolute Gasteiger partial charge is 0.254 e. The highest BCUT2D eigenvalue weighted by molar-refractivity contribution is 5.96. The van der Waals surface area contributed by atoms with Crippen LogP contribution in [0.15, 0.2) is 61.2 Å². The third-order valence-corrected chi connectivity index (χ3v) is 4.32. The van der Waals surface area contributed by atoms with E-state index >= 15 is 0 Å². The molecule has 0 unspecified atom stereocenters. The van der Waals surface area contributed by atoms with E-state index in [1.807, 2.05) is 48.2 Å². The Bertz CT molecular complexity index is 846. The van der Waals surface area contributed by atoms with Crippen LogP contribution in [0.2, 0.25) is 0 Å². The summed E-state index contributed by atoms with van der Waals surface area (Å²) in [6.45, 7) is 3.56. The Hall–Kier alpha value is -2.99. The van der Waals surface area contributed by atoms with E-state index in [1.54, 1.807) is 11.0 Å². The first-order valence-corrected chi connectivity index (χ1v) is 8.68. The molecular weight excluding hydrogens is 326 g/mol. The minimum atomic E-state index is 0.00835. The molecule has 3 aromatic rings. The molecule has 0 bridgehead atoms.